The van der Waals surface area contributed by atoms with Gasteiger partial charge in [-0.05, 0) is 73.0 Å². The lowest BCUT2D eigenvalue weighted by Gasteiger charge is -2.18. The number of benzene rings is 7. The Morgan fingerprint density at radius 3 is 1.13 bits per heavy atom. The Bertz CT molecular complexity index is 1910. The van der Waals surface area contributed by atoms with Crippen molar-refractivity contribution in [1.29, 1.82) is 0 Å². The molecule has 0 N–H and O–H groups in total. The van der Waals surface area contributed by atoms with E-state index in [1.54, 1.807) is 0 Å². The normalized spacial score (nSPS) is 11.2. The van der Waals surface area contributed by atoms with Crippen LogP contribution in [-0.2, 0) is 0 Å². The minimum absolute atomic E-state index is 1.24. The Balaban J connectivity index is 1.45. The van der Waals surface area contributed by atoms with Gasteiger partial charge in [-0.3, -0.25) is 0 Å². The second-order valence-corrected chi connectivity index (χ2v) is 10.2. The van der Waals surface area contributed by atoms with E-state index in [1.807, 2.05) is 0 Å². The summed E-state index contributed by atoms with van der Waals surface area (Å²) in [4.78, 5) is 0. The van der Waals surface area contributed by atoms with Crippen LogP contribution < -0.4 is 0 Å². The molecule has 39 heavy (non-hydrogen) atoms. The zero-order chi connectivity index (χ0) is 26.2. The summed E-state index contributed by atoms with van der Waals surface area (Å²) in [5.41, 5.74) is 11.3. The van der Waals surface area contributed by atoms with Crippen LogP contribution in [0.5, 0.6) is 0 Å². The summed E-state index contributed by atoms with van der Waals surface area (Å²) < 4.78 is 0. The van der Waals surface area contributed by atoms with Gasteiger partial charge in [-0.1, -0.05) is 157 Å². The summed E-state index contributed by atoms with van der Waals surface area (Å²) in [6, 6.07) is 55.0. The molecule has 0 aliphatic heterocycles. The average molecular weight is 497 g/mol. The maximum absolute atomic E-state index is 2.35. The van der Waals surface area contributed by atoms with E-state index in [9.17, 15) is 0 Å². The molecule has 0 fully saturated rings. The number of hydrogen-bond donors (Lipinski definition) is 0. The molecule has 0 saturated carbocycles. The summed E-state index contributed by atoms with van der Waals surface area (Å²) in [7, 11) is 0. The van der Waals surface area contributed by atoms with Crippen molar-refractivity contribution in [2.75, 3.05) is 0 Å². The van der Waals surface area contributed by atoms with Crippen molar-refractivity contribution >= 4 is 21.5 Å². The SMILES string of the molecule is Cc1ccc2c(-c3ccc(-c4ccccc4)cc3)c3ccccc3c(-c3ccc(-c4ccccc4)cc3)c2c1. The third-order valence-electron chi connectivity index (χ3n) is 7.74. The van der Waals surface area contributed by atoms with Crippen LogP contribution in [0.3, 0.4) is 0 Å². The molecule has 0 aromatic heterocycles. The third kappa shape index (κ3) is 4.21. The zero-order valence-electron chi connectivity index (χ0n) is 21.9. The van der Waals surface area contributed by atoms with Crippen LogP contribution in [0.2, 0.25) is 0 Å². The van der Waals surface area contributed by atoms with Crippen molar-refractivity contribution < 1.29 is 0 Å². The molecule has 0 spiro atoms. The van der Waals surface area contributed by atoms with Crippen molar-refractivity contribution in [3.05, 3.63) is 157 Å². The highest BCUT2D eigenvalue weighted by molar-refractivity contribution is 6.21. The molecular formula is C39H28. The van der Waals surface area contributed by atoms with Crippen molar-refractivity contribution in [1.82, 2.24) is 0 Å². The van der Waals surface area contributed by atoms with Gasteiger partial charge in [0.1, 0.15) is 0 Å². The Morgan fingerprint density at radius 1 is 0.282 bits per heavy atom. The van der Waals surface area contributed by atoms with Gasteiger partial charge in [0.2, 0.25) is 0 Å². The molecule has 0 aliphatic rings. The zero-order valence-corrected chi connectivity index (χ0v) is 21.9. The summed E-state index contributed by atoms with van der Waals surface area (Å²) in [5.74, 6) is 0. The van der Waals surface area contributed by atoms with Crippen LogP contribution in [0.4, 0.5) is 0 Å². The molecule has 0 atom stereocenters. The van der Waals surface area contributed by atoms with Crippen LogP contribution in [-0.4, -0.2) is 0 Å². The van der Waals surface area contributed by atoms with E-state index in [2.05, 4.69) is 159 Å². The lowest BCUT2D eigenvalue weighted by atomic mass is 9.85. The van der Waals surface area contributed by atoms with E-state index in [1.165, 1.54) is 71.6 Å². The van der Waals surface area contributed by atoms with Crippen molar-refractivity contribution in [2.45, 2.75) is 6.92 Å². The summed E-state index contributed by atoms with van der Waals surface area (Å²) in [6.07, 6.45) is 0. The predicted molar refractivity (Wildman–Crippen MR) is 168 cm³/mol. The topological polar surface area (TPSA) is 0 Å². The van der Waals surface area contributed by atoms with Crippen molar-refractivity contribution in [2.24, 2.45) is 0 Å². The van der Waals surface area contributed by atoms with E-state index in [4.69, 9.17) is 0 Å². The highest BCUT2D eigenvalue weighted by Crippen LogP contribution is 2.44. The fourth-order valence-electron chi connectivity index (χ4n) is 5.83. The van der Waals surface area contributed by atoms with E-state index in [-0.39, 0.29) is 0 Å². The molecule has 0 bridgehead atoms. The first-order chi connectivity index (χ1) is 19.3. The highest BCUT2D eigenvalue weighted by atomic mass is 14.2. The molecule has 7 rings (SSSR count). The maximum Gasteiger partial charge on any atom is -0.00263 e. The highest BCUT2D eigenvalue weighted by Gasteiger charge is 2.17. The van der Waals surface area contributed by atoms with E-state index in [0.29, 0.717) is 0 Å². The largest absolute Gasteiger partial charge is 0.0622 e. The first kappa shape index (κ1) is 23.2. The van der Waals surface area contributed by atoms with Gasteiger partial charge < -0.3 is 0 Å². The maximum atomic E-state index is 2.35. The Morgan fingerprint density at radius 2 is 0.641 bits per heavy atom. The second-order valence-electron chi connectivity index (χ2n) is 10.2. The number of rotatable bonds is 4. The van der Waals surface area contributed by atoms with Crippen LogP contribution >= 0.6 is 0 Å². The smallest absolute Gasteiger partial charge is 0.00263 e. The van der Waals surface area contributed by atoms with Crippen molar-refractivity contribution in [3.63, 3.8) is 0 Å². The van der Waals surface area contributed by atoms with Gasteiger partial charge in [0.15, 0.2) is 0 Å². The molecule has 0 unspecified atom stereocenters. The molecule has 0 nitrogen and oxygen atoms in total. The minimum Gasteiger partial charge on any atom is -0.0622 e. The van der Waals surface area contributed by atoms with Gasteiger partial charge in [0.05, 0.1) is 0 Å². The molecule has 7 aromatic rings. The fourth-order valence-corrected chi connectivity index (χ4v) is 5.83. The summed E-state index contributed by atoms with van der Waals surface area (Å²) in [5, 5.41) is 5.14. The molecule has 0 aliphatic carbocycles. The lowest BCUT2D eigenvalue weighted by Crippen LogP contribution is -1.92. The molecular weight excluding hydrogens is 468 g/mol. The Kier molecular flexibility index (Phi) is 5.79. The molecule has 0 amide bonds. The summed E-state index contributed by atoms with van der Waals surface area (Å²) >= 11 is 0. The number of fused-ring (bicyclic) bond motifs is 2. The van der Waals surface area contributed by atoms with Gasteiger partial charge >= 0.3 is 0 Å². The van der Waals surface area contributed by atoms with Gasteiger partial charge in [0.25, 0.3) is 0 Å². The fraction of sp³-hybridized carbons (Fsp3) is 0.0256. The van der Waals surface area contributed by atoms with Crippen LogP contribution in [0.1, 0.15) is 5.56 Å². The monoisotopic (exact) mass is 496 g/mol. The quantitative estimate of drug-likeness (QED) is 0.213. The number of hydrogen-bond acceptors (Lipinski definition) is 0. The molecule has 0 heterocycles. The molecule has 0 radical (unpaired) electrons. The molecule has 184 valence electrons. The van der Waals surface area contributed by atoms with E-state index >= 15 is 0 Å². The van der Waals surface area contributed by atoms with Gasteiger partial charge in [0, 0.05) is 0 Å². The second kappa shape index (κ2) is 9.74. The first-order valence-electron chi connectivity index (χ1n) is 13.5. The lowest BCUT2D eigenvalue weighted by molar-refractivity contribution is 1.51. The van der Waals surface area contributed by atoms with Crippen LogP contribution in [0.25, 0.3) is 66.1 Å². The van der Waals surface area contributed by atoms with Crippen molar-refractivity contribution in [3.8, 4) is 44.5 Å². The van der Waals surface area contributed by atoms with Crippen LogP contribution in [0, 0.1) is 6.92 Å². The van der Waals surface area contributed by atoms with E-state index in [0.717, 1.165) is 0 Å². The predicted octanol–water partition coefficient (Wildman–Crippen LogP) is 11.0. The third-order valence-corrected chi connectivity index (χ3v) is 7.74. The Hall–Kier alpha value is -4.94. The minimum atomic E-state index is 1.24. The molecule has 0 saturated heterocycles. The van der Waals surface area contributed by atoms with Gasteiger partial charge in [-0.2, -0.15) is 0 Å². The Labute approximate surface area is 229 Å². The standard InChI is InChI=1S/C39H28/c1-27-16-25-36-37(26-27)39(33-23-19-31(20-24-33)29-12-6-3-7-13-29)35-15-9-8-14-34(35)38(36)32-21-17-30(18-22-32)28-10-4-2-5-11-28/h2-26H,1H3. The molecule has 0 heteroatoms. The number of aryl methyl sites for hydroxylation is 1. The van der Waals surface area contributed by atoms with Gasteiger partial charge in [-0.25, -0.2) is 0 Å². The average Bonchev–Trinajstić information content (AvgIpc) is 3.01. The first-order valence-corrected chi connectivity index (χ1v) is 13.5. The van der Waals surface area contributed by atoms with Gasteiger partial charge in [-0.15, -0.1) is 0 Å². The van der Waals surface area contributed by atoms with E-state index < -0.39 is 0 Å². The summed E-state index contributed by atoms with van der Waals surface area (Å²) in [6.45, 7) is 2.19. The molecule has 7 aromatic carbocycles. The van der Waals surface area contributed by atoms with Crippen LogP contribution in [0.15, 0.2) is 152 Å².